The number of rotatable bonds is 1. The summed E-state index contributed by atoms with van der Waals surface area (Å²) < 4.78 is 55.3. The molecule has 3 aliphatic rings. The van der Waals surface area contributed by atoms with Crippen LogP contribution in [-0.2, 0) is 13.1 Å². The maximum absolute atomic E-state index is 14.1. The van der Waals surface area contributed by atoms with Crippen LogP contribution in [0.1, 0.15) is 30.4 Å². The summed E-state index contributed by atoms with van der Waals surface area (Å²) in [5.41, 5.74) is 1.96. The van der Waals surface area contributed by atoms with Gasteiger partial charge in [0, 0.05) is 29.8 Å². The fraction of sp³-hybridized carbons (Fsp3) is 0.455. The van der Waals surface area contributed by atoms with E-state index in [-0.39, 0.29) is 18.7 Å². The number of benzene rings is 1. The summed E-state index contributed by atoms with van der Waals surface area (Å²) in [4.78, 5) is 6.19. The first kappa shape index (κ1) is 19.7. The molecule has 0 saturated heterocycles. The molecular weight excluding hydrogens is 423 g/mol. The van der Waals surface area contributed by atoms with Crippen molar-refractivity contribution in [1.82, 2.24) is 19.9 Å². The van der Waals surface area contributed by atoms with E-state index < -0.39 is 18.3 Å². The number of hydrogen-bond acceptors (Lipinski definition) is 6. The summed E-state index contributed by atoms with van der Waals surface area (Å²) >= 11 is 0. The Hall–Kier alpha value is -3.01. The van der Waals surface area contributed by atoms with Crippen LogP contribution in [0.4, 0.5) is 19.0 Å². The van der Waals surface area contributed by atoms with Gasteiger partial charge in [-0.25, -0.2) is 22.7 Å². The normalized spacial score (nSPS) is 21.9. The fourth-order valence-corrected chi connectivity index (χ4v) is 4.49. The minimum Gasteiger partial charge on any atom is -0.493 e. The third-order valence-corrected chi connectivity index (χ3v) is 6.60. The number of alkyl halides is 2. The van der Waals surface area contributed by atoms with Gasteiger partial charge in [0.05, 0.1) is 19.0 Å². The zero-order valence-electron chi connectivity index (χ0n) is 17.2. The highest BCUT2D eigenvalue weighted by molar-refractivity contribution is 5.62. The number of fused-ring (bicyclic) bond motifs is 1. The molecule has 1 aromatic carbocycles. The van der Waals surface area contributed by atoms with Crippen molar-refractivity contribution in [2.45, 2.75) is 50.4 Å². The molecule has 1 saturated carbocycles. The highest BCUT2D eigenvalue weighted by atomic mass is 19.3. The van der Waals surface area contributed by atoms with Crippen LogP contribution in [0.25, 0.3) is 5.65 Å². The Morgan fingerprint density at radius 2 is 2.00 bits per heavy atom. The van der Waals surface area contributed by atoms with Crippen molar-refractivity contribution in [3.05, 3.63) is 47.5 Å². The lowest BCUT2D eigenvalue weighted by Crippen LogP contribution is -2.47. The largest absolute Gasteiger partial charge is 0.493 e. The van der Waals surface area contributed by atoms with Crippen molar-refractivity contribution in [2.24, 2.45) is 0 Å². The van der Waals surface area contributed by atoms with E-state index >= 15 is 0 Å². The van der Waals surface area contributed by atoms with Gasteiger partial charge in [-0.05, 0) is 37.5 Å². The molecule has 0 amide bonds. The predicted molar refractivity (Wildman–Crippen MR) is 110 cm³/mol. The van der Waals surface area contributed by atoms with Crippen LogP contribution in [0, 0.1) is 5.82 Å². The highest BCUT2D eigenvalue weighted by Gasteiger charge is 2.42. The molecule has 1 N–H and O–H groups in total. The molecule has 0 unspecified atom stereocenters. The summed E-state index contributed by atoms with van der Waals surface area (Å²) in [5.74, 6) is 0.703. The molecule has 0 radical (unpaired) electrons. The molecule has 4 heterocycles. The van der Waals surface area contributed by atoms with Crippen LogP contribution in [-0.4, -0.2) is 45.8 Å². The van der Waals surface area contributed by atoms with E-state index in [2.05, 4.69) is 10.4 Å². The number of nitrogens with zero attached hydrogens (tertiary/aromatic N) is 4. The number of aromatic nitrogens is 3. The first-order valence-electron chi connectivity index (χ1n) is 10.7. The Morgan fingerprint density at radius 3 is 2.81 bits per heavy atom. The lowest BCUT2D eigenvalue weighted by atomic mass is 10.1. The van der Waals surface area contributed by atoms with Crippen LogP contribution < -0.4 is 19.7 Å². The molecule has 2 bridgehead atoms. The number of halogens is 3. The van der Waals surface area contributed by atoms with Crippen LogP contribution in [0.2, 0.25) is 0 Å². The van der Waals surface area contributed by atoms with E-state index in [0.29, 0.717) is 41.7 Å². The summed E-state index contributed by atoms with van der Waals surface area (Å²) in [6.45, 7) is 0.831. The number of hydrogen-bond donors (Lipinski definition) is 1. The lowest BCUT2D eigenvalue weighted by molar-refractivity contribution is 0.0766. The summed E-state index contributed by atoms with van der Waals surface area (Å²) in [5, 5.41) is 7.97. The summed E-state index contributed by atoms with van der Waals surface area (Å²) in [6.07, 6.45) is 3.62. The Labute approximate surface area is 182 Å². The molecular formula is C22H22F3N5O2. The van der Waals surface area contributed by atoms with E-state index in [1.165, 1.54) is 17.0 Å². The highest BCUT2D eigenvalue weighted by Crippen LogP contribution is 2.40. The van der Waals surface area contributed by atoms with E-state index in [1.807, 2.05) is 0 Å². The summed E-state index contributed by atoms with van der Waals surface area (Å²) in [6, 6.07) is 3.01. The average Bonchev–Trinajstić information content (AvgIpc) is 3.43. The number of ether oxygens (including phenoxy) is 2. The van der Waals surface area contributed by atoms with Gasteiger partial charge >= 0.3 is 0 Å². The van der Waals surface area contributed by atoms with Crippen molar-refractivity contribution < 1.29 is 22.6 Å². The standard InChI is InChI=1S/C22H22F3N5O2/c23-15-1-2-17-13(7-15)10-29-16(19(24)25)12-32-18-11-30-20(28-21(18)29)14(9-27-30)8-26-22(3-4-22)5-6-31-17/h1-2,7,9,11,16,19,26H,3-6,8,10,12H2/t16-/m0/s1. The van der Waals surface area contributed by atoms with E-state index in [0.717, 1.165) is 24.8 Å². The zero-order valence-corrected chi connectivity index (χ0v) is 17.2. The average molecular weight is 445 g/mol. The van der Waals surface area contributed by atoms with Gasteiger partial charge in [-0.3, -0.25) is 0 Å². The summed E-state index contributed by atoms with van der Waals surface area (Å²) in [7, 11) is 0. The maximum Gasteiger partial charge on any atom is 0.261 e. The van der Waals surface area contributed by atoms with Crippen molar-refractivity contribution >= 4 is 11.5 Å². The smallest absolute Gasteiger partial charge is 0.261 e. The molecule has 168 valence electrons. The Kier molecular flexibility index (Phi) is 4.46. The van der Waals surface area contributed by atoms with Crippen molar-refractivity contribution in [1.29, 1.82) is 0 Å². The molecule has 1 atom stereocenters. The molecule has 1 fully saturated rings. The third kappa shape index (κ3) is 3.33. The molecule has 6 rings (SSSR count). The molecule has 3 aromatic rings. The van der Waals surface area contributed by atoms with Crippen LogP contribution in [0.3, 0.4) is 0 Å². The second kappa shape index (κ2) is 7.26. The van der Waals surface area contributed by atoms with Gasteiger partial charge in [-0.15, -0.1) is 0 Å². The second-order valence-electron chi connectivity index (χ2n) is 8.69. The SMILES string of the molecule is Fc1ccc2c(c1)CN1c3nc4c(cnn4cc3OC[C@H]1C(F)F)CNC1(CCO2)CC1. The van der Waals surface area contributed by atoms with Crippen LogP contribution in [0.15, 0.2) is 30.6 Å². The van der Waals surface area contributed by atoms with Crippen LogP contribution in [0.5, 0.6) is 11.5 Å². The molecule has 7 nitrogen and oxygen atoms in total. The van der Waals surface area contributed by atoms with Crippen molar-refractivity contribution in [3.63, 3.8) is 0 Å². The third-order valence-electron chi connectivity index (χ3n) is 6.60. The fourth-order valence-electron chi connectivity index (χ4n) is 4.49. The molecule has 1 spiro atoms. The van der Waals surface area contributed by atoms with E-state index in [9.17, 15) is 13.2 Å². The quantitative estimate of drug-likeness (QED) is 0.620. The van der Waals surface area contributed by atoms with Gasteiger partial charge in [0.15, 0.2) is 17.2 Å². The number of nitrogens with one attached hydrogen (secondary N) is 1. The lowest BCUT2D eigenvalue weighted by Gasteiger charge is -2.37. The maximum atomic E-state index is 14.1. The monoisotopic (exact) mass is 445 g/mol. The van der Waals surface area contributed by atoms with Gasteiger partial charge in [0.1, 0.15) is 24.2 Å². The molecule has 2 aromatic heterocycles. The predicted octanol–water partition coefficient (Wildman–Crippen LogP) is 3.31. The number of anilines is 1. The Balaban J connectivity index is 1.50. The van der Waals surface area contributed by atoms with Gasteiger partial charge in [-0.1, -0.05) is 0 Å². The van der Waals surface area contributed by atoms with Gasteiger partial charge in [0.25, 0.3) is 6.43 Å². The Bertz CT molecular complexity index is 1180. The molecule has 10 heteroatoms. The minimum atomic E-state index is -2.67. The Morgan fingerprint density at radius 1 is 1.12 bits per heavy atom. The molecule has 2 aliphatic heterocycles. The van der Waals surface area contributed by atoms with Gasteiger partial charge < -0.3 is 19.7 Å². The van der Waals surface area contributed by atoms with E-state index in [4.69, 9.17) is 14.5 Å². The van der Waals surface area contributed by atoms with Crippen LogP contribution >= 0.6 is 0 Å². The van der Waals surface area contributed by atoms with E-state index in [1.54, 1.807) is 23.0 Å². The topological polar surface area (TPSA) is 63.9 Å². The minimum absolute atomic E-state index is 0.00267. The van der Waals surface area contributed by atoms with Gasteiger partial charge in [0.2, 0.25) is 0 Å². The zero-order chi connectivity index (χ0) is 21.9. The molecule has 32 heavy (non-hydrogen) atoms. The van der Waals surface area contributed by atoms with Crippen molar-refractivity contribution in [3.8, 4) is 11.5 Å². The first-order valence-corrected chi connectivity index (χ1v) is 10.7. The molecule has 1 aliphatic carbocycles. The second-order valence-corrected chi connectivity index (χ2v) is 8.69. The van der Waals surface area contributed by atoms with Gasteiger partial charge in [-0.2, -0.15) is 5.10 Å². The van der Waals surface area contributed by atoms with Crippen molar-refractivity contribution in [2.75, 3.05) is 18.1 Å². The first-order chi connectivity index (χ1) is 15.5.